The Bertz CT molecular complexity index is 491. The number of carboxylic acid groups (broad SMARTS) is 1. The molecule has 2 N–H and O–H groups in total. The molecule has 122 valence electrons. The third-order valence-electron chi connectivity index (χ3n) is 3.40. The summed E-state index contributed by atoms with van der Waals surface area (Å²) in [5.74, 6) is -1.43. The van der Waals surface area contributed by atoms with Gasteiger partial charge in [-0.3, -0.25) is 14.5 Å². The molecule has 0 aliphatic heterocycles. The lowest BCUT2D eigenvalue weighted by molar-refractivity contribution is -0.139. The van der Waals surface area contributed by atoms with E-state index < -0.39 is 12.0 Å². The van der Waals surface area contributed by atoms with Gasteiger partial charge in [-0.25, -0.2) is 4.39 Å². The molecule has 0 aromatic heterocycles. The lowest BCUT2D eigenvalue weighted by Gasteiger charge is -2.26. The Kier molecular flexibility index (Phi) is 7.52. The van der Waals surface area contributed by atoms with Crippen molar-refractivity contribution < 1.29 is 19.1 Å². The van der Waals surface area contributed by atoms with Gasteiger partial charge >= 0.3 is 5.97 Å². The second-order valence-corrected chi connectivity index (χ2v) is 5.21. The highest BCUT2D eigenvalue weighted by Crippen LogP contribution is 2.04. The molecule has 0 bridgehead atoms. The van der Waals surface area contributed by atoms with Crippen LogP contribution in [0, 0.1) is 5.82 Å². The summed E-state index contributed by atoms with van der Waals surface area (Å²) in [6, 6.07) is 5.63. The lowest BCUT2D eigenvalue weighted by Crippen LogP contribution is -2.47. The maximum atomic E-state index is 12.8. The molecule has 0 aliphatic carbocycles. The molecular weight excluding hydrogens is 287 g/mol. The van der Waals surface area contributed by atoms with Crippen molar-refractivity contribution in [1.29, 1.82) is 0 Å². The standard InChI is InChI=1S/C16H23FN2O3/c1-3-10-19(11-15(20)21)12(2)16(22)18-9-8-13-4-6-14(17)7-5-13/h4-7,12H,3,8-11H2,1-2H3,(H,18,22)(H,20,21). The largest absolute Gasteiger partial charge is 0.480 e. The molecule has 0 aliphatic rings. The van der Waals surface area contributed by atoms with Crippen LogP contribution in [0.5, 0.6) is 0 Å². The van der Waals surface area contributed by atoms with Crippen LogP contribution >= 0.6 is 0 Å². The summed E-state index contributed by atoms with van der Waals surface area (Å²) in [4.78, 5) is 24.5. The van der Waals surface area contributed by atoms with Gasteiger partial charge in [0.2, 0.25) is 5.91 Å². The number of hydrogen-bond acceptors (Lipinski definition) is 3. The Morgan fingerprint density at radius 2 is 1.95 bits per heavy atom. The van der Waals surface area contributed by atoms with Crippen LogP contribution in [0.1, 0.15) is 25.8 Å². The fraction of sp³-hybridized carbons (Fsp3) is 0.500. The molecule has 1 amide bonds. The molecular formula is C16H23FN2O3. The fourth-order valence-electron chi connectivity index (χ4n) is 2.17. The third kappa shape index (κ3) is 6.22. The Morgan fingerprint density at radius 1 is 1.32 bits per heavy atom. The van der Waals surface area contributed by atoms with E-state index in [-0.39, 0.29) is 18.3 Å². The summed E-state index contributed by atoms with van der Waals surface area (Å²) >= 11 is 0. The summed E-state index contributed by atoms with van der Waals surface area (Å²) in [6.45, 7) is 4.47. The Labute approximate surface area is 130 Å². The van der Waals surface area contributed by atoms with Gasteiger partial charge in [0, 0.05) is 6.54 Å². The van der Waals surface area contributed by atoms with E-state index in [9.17, 15) is 14.0 Å². The Balaban J connectivity index is 2.44. The molecule has 0 fully saturated rings. The van der Waals surface area contributed by atoms with Crippen LogP contribution in [0.4, 0.5) is 4.39 Å². The molecule has 1 aromatic rings. The van der Waals surface area contributed by atoms with Gasteiger partial charge in [0.1, 0.15) is 5.82 Å². The van der Waals surface area contributed by atoms with Crippen LogP contribution in [0.15, 0.2) is 24.3 Å². The van der Waals surface area contributed by atoms with Crippen molar-refractivity contribution in [2.24, 2.45) is 0 Å². The predicted octanol–water partition coefficient (Wildman–Crippen LogP) is 1.67. The summed E-state index contributed by atoms with van der Waals surface area (Å²) in [5, 5.41) is 11.7. The molecule has 22 heavy (non-hydrogen) atoms. The zero-order valence-electron chi connectivity index (χ0n) is 13.0. The molecule has 6 heteroatoms. The highest BCUT2D eigenvalue weighted by atomic mass is 19.1. The van der Waals surface area contributed by atoms with Gasteiger partial charge in [-0.05, 0) is 44.0 Å². The summed E-state index contributed by atoms with van der Waals surface area (Å²) in [6.07, 6.45) is 1.38. The van der Waals surface area contributed by atoms with Crippen LogP contribution in [0.25, 0.3) is 0 Å². The van der Waals surface area contributed by atoms with Gasteiger partial charge < -0.3 is 10.4 Å². The summed E-state index contributed by atoms with van der Waals surface area (Å²) < 4.78 is 12.8. The maximum absolute atomic E-state index is 12.8. The number of rotatable bonds is 9. The number of nitrogens with zero attached hydrogens (tertiary/aromatic N) is 1. The first kappa shape index (κ1) is 18.1. The molecule has 0 saturated heterocycles. The van der Waals surface area contributed by atoms with E-state index in [1.54, 1.807) is 24.0 Å². The molecule has 1 rings (SSSR count). The SMILES string of the molecule is CCCN(CC(=O)O)C(C)C(=O)NCCc1ccc(F)cc1. The molecule has 0 radical (unpaired) electrons. The number of aliphatic carboxylic acids is 1. The monoisotopic (exact) mass is 310 g/mol. The van der Waals surface area contributed by atoms with Crippen molar-refractivity contribution in [2.75, 3.05) is 19.6 Å². The molecule has 5 nitrogen and oxygen atoms in total. The molecule has 1 atom stereocenters. The van der Waals surface area contributed by atoms with Gasteiger partial charge in [-0.2, -0.15) is 0 Å². The Morgan fingerprint density at radius 3 is 2.50 bits per heavy atom. The first-order valence-corrected chi connectivity index (χ1v) is 7.42. The van der Waals surface area contributed by atoms with E-state index in [1.807, 2.05) is 6.92 Å². The van der Waals surface area contributed by atoms with Crippen LogP contribution in [-0.2, 0) is 16.0 Å². The van der Waals surface area contributed by atoms with Crippen molar-refractivity contribution in [3.63, 3.8) is 0 Å². The summed E-state index contributed by atoms with van der Waals surface area (Å²) in [7, 11) is 0. The minimum Gasteiger partial charge on any atom is -0.480 e. The molecule has 0 saturated carbocycles. The van der Waals surface area contributed by atoms with Gasteiger partial charge in [-0.1, -0.05) is 19.1 Å². The number of carbonyl (C=O) groups excluding carboxylic acids is 1. The molecule has 0 spiro atoms. The Hall–Kier alpha value is -1.95. The van der Waals surface area contributed by atoms with Crippen LogP contribution in [0.2, 0.25) is 0 Å². The number of carboxylic acids is 1. The molecule has 1 unspecified atom stereocenters. The average Bonchev–Trinajstić information content (AvgIpc) is 2.47. The smallest absolute Gasteiger partial charge is 0.317 e. The minimum atomic E-state index is -0.945. The van der Waals surface area contributed by atoms with Gasteiger partial charge in [-0.15, -0.1) is 0 Å². The van der Waals surface area contributed by atoms with E-state index in [1.165, 1.54) is 12.1 Å². The fourth-order valence-corrected chi connectivity index (χ4v) is 2.17. The van der Waals surface area contributed by atoms with E-state index >= 15 is 0 Å². The van der Waals surface area contributed by atoms with Gasteiger partial charge in [0.15, 0.2) is 0 Å². The van der Waals surface area contributed by atoms with Crippen molar-refractivity contribution in [3.05, 3.63) is 35.6 Å². The number of nitrogens with one attached hydrogen (secondary N) is 1. The normalized spacial score (nSPS) is 12.2. The van der Waals surface area contributed by atoms with Crippen molar-refractivity contribution in [3.8, 4) is 0 Å². The highest BCUT2D eigenvalue weighted by molar-refractivity contribution is 5.82. The lowest BCUT2D eigenvalue weighted by atomic mass is 10.1. The van der Waals surface area contributed by atoms with Gasteiger partial charge in [0.25, 0.3) is 0 Å². The predicted molar refractivity (Wildman–Crippen MR) is 82.1 cm³/mol. The molecule has 1 aromatic carbocycles. The molecule has 0 heterocycles. The van der Waals surface area contributed by atoms with Crippen molar-refractivity contribution in [1.82, 2.24) is 10.2 Å². The maximum Gasteiger partial charge on any atom is 0.317 e. The second kappa shape index (κ2) is 9.15. The van der Waals surface area contributed by atoms with Crippen LogP contribution < -0.4 is 5.32 Å². The van der Waals surface area contributed by atoms with Crippen LogP contribution in [-0.4, -0.2) is 47.6 Å². The zero-order chi connectivity index (χ0) is 16.5. The first-order valence-electron chi connectivity index (χ1n) is 7.42. The minimum absolute atomic E-state index is 0.152. The van der Waals surface area contributed by atoms with Crippen molar-refractivity contribution >= 4 is 11.9 Å². The zero-order valence-corrected chi connectivity index (χ0v) is 13.0. The number of hydrogen-bond donors (Lipinski definition) is 2. The first-order chi connectivity index (χ1) is 10.4. The van der Waals surface area contributed by atoms with E-state index in [4.69, 9.17) is 5.11 Å². The average molecular weight is 310 g/mol. The second-order valence-electron chi connectivity index (χ2n) is 5.21. The van der Waals surface area contributed by atoms with Gasteiger partial charge in [0.05, 0.1) is 12.6 Å². The van der Waals surface area contributed by atoms with Crippen LogP contribution in [0.3, 0.4) is 0 Å². The number of benzene rings is 1. The van der Waals surface area contributed by atoms with E-state index in [0.29, 0.717) is 19.5 Å². The number of amides is 1. The van der Waals surface area contributed by atoms with Crippen molar-refractivity contribution in [2.45, 2.75) is 32.7 Å². The topological polar surface area (TPSA) is 69.6 Å². The quantitative estimate of drug-likeness (QED) is 0.728. The third-order valence-corrected chi connectivity index (χ3v) is 3.40. The van der Waals surface area contributed by atoms with E-state index in [0.717, 1.165) is 12.0 Å². The highest BCUT2D eigenvalue weighted by Gasteiger charge is 2.22. The van der Waals surface area contributed by atoms with E-state index in [2.05, 4.69) is 5.32 Å². The summed E-state index contributed by atoms with van der Waals surface area (Å²) in [5.41, 5.74) is 0.935. The number of halogens is 1. The number of carbonyl (C=O) groups is 2.